The second-order valence-corrected chi connectivity index (χ2v) is 8.58. The first-order valence-electron chi connectivity index (χ1n) is 8.06. The molecule has 0 atom stereocenters. The van der Waals surface area contributed by atoms with Gasteiger partial charge in [-0.3, -0.25) is 4.98 Å². The Balaban J connectivity index is 0. The molecule has 0 saturated heterocycles. The molecule has 0 radical (unpaired) electrons. The van der Waals surface area contributed by atoms with Crippen LogP contribution in [0.2, 0.25) is 0 Å². The summed E-state index contributed by atoms with van der Waals surface area (Å²) < 4.78 is 0.884. The summed E-state index contributed by atoms with van der Waals surface area (Å²) in [6.07, 6.45) is 4.64. The molecule has 5 heteroatoms. The molecular formula is C20H30BrClN2Zn. The zero-order valence-corrected chi connectivity index (χ0v) is 21.7. The van der Waals surface area contributed by atoms with Crippen molar-refractivity contribution in [1.29, 1.82) is 0 Å². The number of rotatable bonds is 1. The molecule has 0 saturated carbocycles. The molecule has 0 amide bonds. The van der Waals surface area contributed by atoms with Crippen molar-refractivity contribution in [2.45, 2.75) is 48.0 Å². The number of hydrogen-bond acceptors (Lipinski definition) is 2. The van der Waals surface area contributed by atoms with Gasteiger partial charge in [0.1, 0.15) is 4.60 Å². The van der Waals surface area contributed by atoms with E-state index in [4.69, 9.17) is 9.69 Å². The van der Waals surface area contributed by atoms with E-state index in [1.54, 1.807) is 6.20 Å². The van der Waals surface area contributed by atoms with Gasteiger partial charge in [-0.1, -0.05) is 53.7 Å². The third-order valence-corrected chi connectivity index (χ3v) is 2.54. The van der Waals surface area contributed by atoms with Gasteiger partial charge in [-0.2, -0.15) is 5.41 Å². The minimum absolute atomic E-state index is 0.250. The monoisotopic (exact) mass is 476 g/mol. The molecule has 0 aromatic carbocycles. The standard InChI is InChI=1S/C10H15N.C5H4BrN.C5H11.ClH.Zn/c1-10(2,3)8-9-6-4-5-7-11-9;6-5-3-1-2-4-7-5;1-5(2,3)4;;/h4-7H,8H2,1-3H3;1-4H;1H2,2-4H3;1H;/q;;-1;;+2/p-1. The van der Waals surface area contributed by atoms with Crippen molar-refractivity contribution in [3.05, 3.63) is 66.0 Å². The summed E-state index contributed by atoms with van der Waals surface area (Å²) in [6.45, 7) is 16.7. The number of nitrogens with zero attached hydrogens (tertiary/aromatic N) is 2. The Morgan fingerprint density at radius 3 is 1.60 bits per heavy atom. The van der Waals surface area contributed by atoms with Crippen LogP contribution in [0.3, 0.4) is 0 Å². The quantitative estimate of drug-likeness (QED) is 0.249. The number of aromatic nitrogens is 2. The summed E-state index contributed by atoms with van der Waals surface area (Å²) in [5, 5.41) is 0. The second-order valence-electron chi connectivity index (χ2n) is 7.77. The number of halogens is 2. The van der Waals surface area contributed by atoms with Crippen molar-refractivity contribution in [2.24, 2.45) is 10.8 Å². The molecule has 0 spiro atoms. The number of pyridine rings is 2. The molecule has 0 bridgehead atoms. The molecule has 0 fully saturated rings. The zero-order chi connectivity index (χ0) is 19.9. The van der Waals surface area contributed by atoms with E-state index in [1.807, 2.05) is 36.5 Å². The predicted octanol–water partition coefficient (Wildman–Crippen LogP) is 7.07. The van der Waals surface area contributed by atoms with E-state index in [0.29, 0.717) is 5.41 Å². The normalized spacial score (nSPS) is 10.2. The van der Waals surface area contributed by atoms with Gasteiger partial charge in [0.2, 0.25) is 0 Å². The summed E-state index contributed by atoms with van der Waals surface area (Å²) in [5.41, 5.74) is 1.77. The van der Waals surface area contributed by atoms with Crippen LogP contribution in [0.4, 0.5) is 0 Å². The average Bonchev–Trinajstić information content (AvgIpc) is 2.48. The van der Waals surface area contributed by atoms with Crippen molar-refractivity contribution in [3.8, 4) is 0 Å². The molecule has 2 aromatic heterocycles. The van der Waals surface area contributed by atoms with Crippen LogP contribution in [0.5, 0.6) is 0 Å². The Bertz CT molecular complexity index is 517. The van der Waals surface area contributed by atoms with Gasteiger partial charge in [-0.05, 0) is 52.0 Å². The molecule has 25 heavy (non-hydrogen) atoms. The molecule has 0 unspecified atom stereocenters. The van der Waals surface area contributed by atoms with Gasteiger partial charge < -0.3 is 6.92 Å². The van der Waals surface area contributed by atoms with Crippen LogP contribution in [0.1, 0.15) is 47.2 Å². The molecule has 0 N–H and O–H groups in total. The van der Waals surface area contributed by atoms with Gasteiger partial charge in [0.05, 0.1) is 0 Å². The fourth-order valence-corrected chi connectivity index (χ4v) is 1.66. The molecule has 2 nitrogen and oxygen atoms in total. The van der Waals surface area contributed by atoms with Crippen LogP contribution in [0, 0.1) is 17.8 Å². The fraction of sp³-hybridized carbons (Fsp3) is 0.450. The molecular weight excluding hydrogens is 449 g/mol. The van der Waals surface area contributed by atoms with Crippen molar-refractivity contribution >= 4 is 25.6 Å². The van der Waals surface area contributed by atoms with Crippen LogP contribution < -0.4 is 0 Å². The van der Waals surface area contributed by atoms with E-state index in [9.17, 15) is 0 Å². The minimum atomic E-state index is 0.250. The average molecular weight is 479 g/mol. The van der Waals surface area contributed by atoms with Crippen molar-refractivity contribution in [2.75, 3.05) is 0 Å². The fourth-order valence-electron chi connectivity index (χ4n) is 1.39. The zero-order valence-electron chi connectivity index (χ0n) is 16.4. The molecule has 2 rings (SSSR count). The van der Waals surface area contributed by atoms with Gasteiger partial charge in [-0.15, -0.1) is 0 Å². The van der Waals surface area contributed by atoms with Crippen LogP contribution in [-0.2, 0) is 23.7 Å². The summed E-state index contributed by atoms with van der Waals surface area (Å²) in [5.74, 6) is 0. The summed E-state index contributed by atoms with van der Waals surface area (Å²) in [6, 6.07) is 11.8. The van der Waals surface area contributed by atoms with E-state index in [2.05, 4.69) is 80.4 Å². The van der Waals surface area contributed by atoms with Crippen LogP contribution in [0.15, 0.2) is 53.4 Å². The number of hydrogen-bond donors (Lipinski definition) is 0. The second kappa shape index (κ2) is 14.8. The SMILES string of the molecule is Brc1ccccn1.CC(C)(C)Cc1ccccn1.[CH2-]C(C)(C)C.[Cl][Zn+]. The van der Waals surface area contributed by atoms with E-state index < -0.39 is 0 Å². The Kier molecular flexibility index (Phi) is 16.0. The van der Waals surface area contributed by atoms with E-state index in [1.165, 1.54) is 5.69 Å². The first-order chi connectivity index (χ1) is 11.5. The van der Waals surface area contributed by atoms with Gasteiger partial charge >= 0.3 is 27.0 Å². The molecule has 0 aliphatic rings. The Morgan fingerprint density at radius 2 is 1.36 bits per heavy atom. The third kappa shape index (κ3) is 26.0. The van der Waals surface area contributed by atoms with E-state index in [0.717, 1.165) is 28.3 Å². The van der Waals surface area contributed by atoms with Crippen molar-refractivity contribution in [1.82, 2.24) is 9.97 Å². The van der Waals surface area contributed by atoms with E-state index >= 15 is 0 Å². The van der Waals surface area contributed by atoms with Gasteiger partial charge in [0, 0.05) is 18.1 Å². The van der Waals surface area contributed by atoms with Gasteiger partial charge in [0.25, 0.3) is 0 Å². The van der Waals surface area contributed by atoms with Crippen LogP contribution >= 0.6 is 25.6 Å². The van der Waals surface area contributed by atoms with E-state index in [-0.39, 0.29) is 5.41 Å². The van der Waals surface area contributed by atoms with Crippen molar-refractivity contribution in [3.63, 3.8) is 0 Å². The van der Waals surface area contributed by atoms with Gasteiger partial charge in [0.15, 0.2) is 0 Å². The molecule has 0 aliphatic heterocycles. The maximum atomic E-state index is 4.76. The summed E-state index contributed by atoms with van der Waals surface area (Å²) in [7, 11) is 4.76. The third-order valence-electron chi connectivity index (χ3n) is 2.07. The first-order valence-corrected chi connectivity index (χ1v) is 12.7. The molecule has 2 aromatic rings. The Hall–Kier alpha value is -0.307. The maximum absolute atomic E-state index is 4.76. The van der Waals surface area contributed by atoms with Gasteiger partial charge in [-0.25, -0.2) is 4.98 Å². The Morgan fingerprint density at radius 1 is 0.920 bits per heavy atom. The van der Waals surface area contributed by atoms with Crippen molar-refractivity contribution < 1.29 is 17.3 Å². The van der Waals surface area contributed by atoms with Crippen LogP contribution in [0.25, 0.3) is 0 Å². The summed E-state index contributed by atoms with van der Waals surface area (Å²) >= 11 is 4.05. The van der Waals surface area contributed by atoms with Crippen LogP contribution in [-0.4, -0.2) is 9.97 Å². The summed E-state index contributed by atoms with van der Waals surface area (Å²) in [4.78, 5) is 8.16. The first kappa shape index (κ1) is 26.9. The predicted molar refractivity (Wildman–Crippen MR) is 110 cm³/mol. The molecule has 136 valence electrons. The Labute approximate surface area is 177 Å². The topological polar surface area (TPSA) is 25.8 Å². The molecule has 0 aliphatic carbocycles. The molecule has 2 heterocycles.